The van der Waals surface area contributed by atoms with Gasteiger partial charge in [-0.3, -0.25) is 0 Å². The zero-order valence-corrected chi connectivity index (χ0v) is 18.2. The van der Waals surface area contributed by atoms with Gasteiger partial charge in [0.1, 0.15) is 0 Å². The maximum atomic E-state index is 10.2. The second-order valence-corrected chi connectivity index (χ2v) is 5.99. The molecule has 0 aliphatic rings. The van der Waals surface area contributed by atoms with Crippen LogP contribution in [-0.2, 0) is 9.59 Å². The first kappa shape index (κ1) is 27.6. The molecule has 0 aromatic rings. The molecule has 0 rings (SSSR count). The molecule has 0 heterocycles. The van der Waals surface area contributed by atoms with Crippen molar-refractivity contribution in [2.75, 3.05) is 0 Å². The number of hydrogen-bond donors (Lipinski definition) is 0. The van der Waals surface area contributed by atoms with Gasteiger partial charge in [0.25, 0.3) is 0 Å². The van der Waals surface area contributed by atoms with Gasteiger partial charge >= 0.3 is 23.9 Å². The van der Waals surface area contributed by atoms with Crippen LogP contribution in [0.15, 0.2) is 0 Å². The average Bonchev–Trinajstić information content (AvgIpc) is 2.47. The summed E-state index contributed by atoms with van der Waals surface area (Å²) in [5.41, 5.74) is 0. The van der Waals surface area contributed by atoms with E-state index in [0.29, 0.717) is 11.8 Å². The molecular weight excluding hydrogens is 399 g/mol. The Hall–Kier alpha value is -0.261. The first-order chi connectivity index (χ1) is 10.4. The molecule has 0 aromatic carbocycles. The summed E-state index contributed by atoms with van der Waals surface area (Å²) in [6.45, 7) is 8.30. The fraction of sp³-hybridized carbons (Fsp3) is 0.889. The molecule has 0 saturated heterocycles. The van der Waals surface area contributed by atoms with E-state index >= 15 is 0 Å². The Morgan fingerprint density at radius 3 is 1.22 bits per heavy atom. The van der Waals surface area contributed by atoms with E-state index in [1.165, 1.54) is 0 Å². The molecule has 0 bridgehead atoms. The third-order valence-electron chi connectivity index (χ3n) is 4.00. The van der Waals surface area contributed by atoms with Crippen LogP contribution in [0, 0.1) is 11.8 Å². The number of rotatable bonds is 12. The summed E-state index contributed by atoms with van der Waals surface area (Å²) in [6.07, 6.45) is 8.97. The first-order valence-corrected chi connectivity index (χ1v) is 8.80. The van der Waals surface area contributed by atoms with Crippen LogP contribution >= 0.6 is 0 Å². The van der Waals surface area contributed by atoms with Gasteiger partial charge in [0, 0.05) is 11.9 Å². The minimum Gasteiger partial charge on any atom is -0.550 e. The van der Waals surface area contributed by atoms with Crippen molar-refractivity contribution < 1.29 is 19.8 Å². The van der Waals surface area contributed by atoms with Crippen molar-refractivity contribution in [3.63, 3.8) is 0 Å². The van der Waals surface area contributed by atoms with Gasteiger partial charge < -0.3 is 19.8 Å². The van der Waals surface area contributed by atoms with Crippen LogP contribution in [0.5, 0.6) is 0 Å². The van der Waals surface area contributed by atoms with Gasteiger partial charge in [0.15, 0.2) is 0 Å². The van der Waals surface area contributed by atoms with Crippen LogP contribution in [0.2, 0.25) is 0 Å². The van der Waals surface area contributed by atoms with E-state index < -0.39 is 11.9 Å². The van der Waals surface area contributed by atoms with Gasteiger partial charge in [0.2, 0.25) is 0 Å². The molecule has 2 atom stereocenters. The van der Waals surface area contributed by atoms with Crippen molar-refractivity contribution in [1.29, 1.82) is 0 Å². The Bertz CT molecular complexity index is 254. The zero-order valence-electron chi connectivity index (χ0n) is 15.4. The molecule has 0 fully saturated rings. The predicted molar refractivity (Wildman–Crippen MR) is 91.6 cm³/mol. The van der Waals surface area contributed by atoms with Gasteiger partial charge in [-0.15, -0.1) is 0 Å². The Labute approximate surface area is 159 Å². The Kier molecular flexibility index (Phi) is 23.7. The number of unbranched alkanes of at least 4 members (excludes halogenated alkanes) is 2. The van der Waals surface area contributed by atoms with Crippen LogP contribution in [-0.4, -0.2) is 35.8 Å². The standard InChI is InChI=1S/2C9H18O2.Sn/c2*1-3-5-6-8(4-2)7-9(10)11;/h2*8H,3-7H2,1-2H3,(H,10,11);/q;;+2/p-2. The van der Waals surface area contributed by atoms with E-state index in [-0.39, 0.29) is 36.7 Å². The number of carboxylic acid groups (broad SMARTS) is 2. The molecule has 0 saturated carbocycles. The molecule has 0 aliphatic carbocycles. The van der Waals surface area contributed by atoms with Crippen LogP contribution in [0.4, 0.5) is 0 Å². The fourth-order valence-electron chi connectivity index (χ4n) is 2.36. The molecule has 0 N–H and O–H groups in total. The molecule has 2 unspecified atom stereocenters. The summed E-state index contributed by atoms with van der Waals surface area (Å²) in [6, 6.07) is 0. The zero-order chi connectivity index (χ0) is 17.4. The summed E-state index contributed by atoms with van der Waals surface area (Å²) in [5, 5.41) is 20.4. The SMILES string of the molecule is CCCCC(CC)CC(=O)[O-].CCCCC(CC)CC(=O)[O-].[Sn+2]. The molecule has 23 heavy (non-hydrogen) atoms. The predicted octanol–water partition coefficient (Wildman–Crippen LogP) is 2.30. The van der Waals surface area contributed by atoms with Crippen molar-refractivity contribution in [3.8, 4) is 0 Å². The van der Waals surface area contributed by atoms with E-state index in [1.807, 2.05) is 13.8 Å². The first-order valence-electron chi connectivity index (χ1n) is 8.80. The molecule has 5 heteroatoms. The fourth-order valence-corrected chi connectivity index (χ4v) is 2.36. The van der Waals surface area contributed by atoms with E-state index in [0.717, 1.165) is 51.4 Å². The van der Waals surface area contributed by atoms with Crippen LogP contribution in [0.25, 0.3) is 0 Å². The van der Waals surface area contributed by atoms with Crippen molar-refractivity contribution in [2.45, 2.75) is 91.9 Å². The van der Waals surface area contributed by atoms with Crippen LogP contribution in [0.3, 0.4) is 0 Å². The Morgan fingerprint density at radius 1 is 0.739 bits per heavy atom. The maximum absolute atomic E-state index is 10.2. The van der Waals surface area contributed by atoms with Crippen molar-refractivity contribution >= 4 is 35.8 Å². The van der Waals surface area contributed by atoms with Gasteiger partial charge in [0.05, 0.1) is 0 Å². The van der Waals surface area contributed by atoms with Crippen LogP contribution in [0.1, 0.15) is 91.9 Å². The monoisotopic (exact) mass is 434 g/mol. The second-order valence-electron chi connectivity index (χ2n) is 5.99. The molecule has 0 amide bonds. The molecule has 0 aromatic heterocycles. The Balaban J connectivity index is -0.000000333. The minimum absolute atomic E-state index is 0. The van der Waals surface area contributed by atoms with E-state index in [2.05, 4.69) is 13.8 Å². The number of hydrogen-bond acceptors (Lipinski definition) is 4. The van der Waals surface area contributed by atoms with E-state index in [9.17, 15) is 19.8 Å². The largest absolute Gasteiger partial charge is 2.00 e. The summed E-state index contributed by atoms with van der Waals surface area (Å²) in [7, 11) is 0. The summed E-state index contributed by atoms with van der Waals surface area (Å²) >= 11 is 0. The van der Waals surface area contributed by atoms with Crippen molar-refractivity contribution in [2.24, 2.45) is 11.8 Å². The minimum atomic E-state index is -0.909. The van der Waals surface area contributed by atoms with Gasteiger partial charge in [-0.2, -0.15) is 0 Å². The van der Waals surface area contributed by atoms with Crippen molar-refractivity contribution in [3.05, 3.63) is 0 Å². The Morgan fingerprint density at radius 2 is 1.04 bits per heavy atom. The number of carbonyl (C=O) groups excluding carboxylic acids is 2. The smallest absolute Gasteiger partial charge is 0.550 e. The number of carboxylic acids is 2. The summed E-state index contributed by atoms with van der Waals surface area (Å²) in [5.74, 6) is -1.15. The molecule has 0 spiro atoms. The number of aliphatic carboxylic acids is 2. The van der Waals surface area contributed by atoms with E-state index in [4.69, 9.17) is 0 Å². The number of carbonyl (C=O) groups is 2. The third kappa shape index (κ3) is 21.7. The molecule has 2 radical (unpaired) electrons. The molecule has 4 nitrogen and oxygen atoms in total. The van der Waals surface area contributed by atoms with Crippen molar-refractivity contribution in [1.82, 2.24) is 0 Å². The van der Waals surface area contributed by atoms with Crippen LogP contribution < -0.4 is 10.2 Å². The topological polar surface area (TPSA) is 80.3 Å². The molecular formula is C18H34O4Sn. The van der Waals surface area contributed by atoms with Gasteiger partial charge in [-0.1, -0.05) is 79.1 Å². The van der Waals surface area contributed by atoms with Gasteiger partial charge in [-0.05, 0) is 24.7 Å². The third-order valence-corrected chi connectivity index (χ3v) is 4.00. The summed E-state index contributed by atoms with van der Waals surface area (Å²) < 4.78 is 0. The second kappa shape index (κ2) is 19.8. The quantitative estimate of drug-likeness (QED) is 0.443. The molecule has 134 valence electrons. The molecule has 0 aliphatic heterocycles. The average molecular weight is 433 g/mol. The van der Waals surface area contributed by atoms with E-state index in [1.54, 1.807) is 0 Å². The maximum Gasteiger partial charge on any atom is 2.00 e. The summed E-state index contributed by atoms with van der Waals surface area (Å²) in [4.78, 5) is 20.4. The normalized spacial score (nSPS) is 12.3. The van der Waals surface area contributed by atoms with Gasteiger partial charge in [-0.25, -0.2) is 0 Å².